The number of halogens is 2. The van der Waals surface area contributed by atoms with Gasteiger partial charge in [0.05, 0.1) is 11.6 Å². The van der Waals surface area contributed by atoms with Crippen LogP contribution in [0.15, 0.2) is 46.9 Å². The summed E-state index contributed by atoms with van der Waals surface area (Å²) in [6, 6.07) is 10.7. The van der Waals surface area contributed by atoms with Crippen molar-refractivity contribution in [2.75, 3.05) is 6.54 Å². The predicted octanol–water partition coefficient (Wildman–Crippen LogP) is 3.44. The van der Waals surface area contributed by atoms with Crippen LogP contribution in [-0.4, -0.2) is 23.4 Å². The maximum absolute atomic E-state index is 14.4. The van der Waals surface area contributed by atoms with Crippen LogP contribution in [0.2, 0.25) is 0 Å². The molecule has 128 valence electrons. The summed E-state index contributed by atoms with van der Waals surface area (Å²) in [7, 11) is 0. The molecule has 1 fully saturated rings. The average Bonchev–Trinajstić information content (AvgIpc) is 2.96. The normalized spacial score (nSPS) is 17.6. The summed E-state index contributed by atoms with van der Waals surface area (Å²) in [4.78, 5) is 13.2. The Morgan fingerprint density at radius 2 is 2.00 bits per heavy atom. The quantitative estimate of drug-likeness (QED) is 0.790. The Bertz CT molecular complexity index is 967. The third kappa shape index (κ3) is 2.78. The Morgan fingerprint density at radius 1 is 1.20 bits per heavy atom. The van der Waals surface area contributed by atoms with E-state index >= 15 is 0 Å². The monoisotopic (exact) mass is 342 g/mol. The highest BCUT2D eigenvalue weighted by atomic mass is 19.1. The van der Waals surface area contributed by atoms with E-state index < -0.39 is 11.6 Å². The van der Waals surface area contributed by atoms with E-state index in [-0.39, 0.29) is 28.9 Å². The molecular weight excluding hydrogens is 326 g/mol. The first-order valence-corrected chi connectivity index (χ1v) is 8.03. The Morgan fingerprint density at radius 3 is 2.68 bits per heavy atom. The van der Waals surface area contributed by atoms with Crippen molar-refractivity contribution in [3.8, 4) is 11.3 Å². The highest BCUT2D eigenvalue weighted by Crippen LogP contribution is 2.32. The molecule has 1 saturated heterocycles. The molecule has 0 saturated carbocycles. The van der Waals surface area contributed by atoms with Crippen LogP contribution in [0.1, 0.15) is 12.0 Å². The number of carbonyl (C=O) groups is 1. The van der Waals surface area contributed by atoms with Crippen molar-refractivity contribution in [1.29, 1.82) is 0 Å². The van der Waals surface area contributed by atoms with E-state index in [2.05, 4.69) is 0 Å². The van der Waals surface area contributed by atoms with Gasteiger partial charge in [0.25, 0.3) is 0 Å². The number of primary amides is 1. The Hall–Kier alpha value is -2.73. The number of hydrogen-bond donors (Lipinski definition) is 1. The molecule has 1 aromatic heterocycles. The first-order chi connectivity index (χ1) is 12.0. The van der Waals surface area contributed by atoms with Crippen LogP contribution in [0.25, 0.3) is 22.3 Å². The molecule has 1 amide bonds. The number of benzene rings is 2. The Balaban J connectivity index is 1.68. The zero-order chi connectivity index (χ0) is 17.6. The second kappa shape index (κ2) is 5.97. The predicted molar refractivity (Wildman–Crippen MR) is 89.6 cm³/mol. The number of carbonyl (C=O) groups excluding carboxylic acids is 1. The fourth-order valence-corrected chi connectivity index (χ4v) is 3.24. The van der Waals surface area contributed by atoms with Crippen LogP contribution in [0.5, 0.6) is 0 Å². The molecule has 2 N–H and O–H groups in total. The van der Waals surface area contributed by atoms with Gasteiger partial charge < -0.3 is 10.2 Å². The molecule has 4 nitrogen and oxygen atoms in total. The van der Waals surface area contributed by atoms with Crippen LogP contribution in [0.3, 0.4) is 0 Å². The summed E-state index contributed by atoms with van der Waals surface area (Å²) in [5.74, 6) is -1.01. The lowest BCUT2D eigenvalue weighted by molar-refractivity contribution is -0.127. The van der Waals surface area contributed by atoms with E-state index in [9.17, 15) is 13.6 Å². The lowest BCUT2D eigenvalue weighted by atomic mass is 10.0. The molecule has 1 unspecified atom stereocenters. The number of nitrogens with zero attached hydrogens (tertiary/aromatic N) is 1. The summed E-state index contributed by atoms with van der Waals surface area (Å²) in [5.41, 5.74) is 6.44. The van der Waals surface area contributed by atoms with Gasteiger partial charge in [-0.2, -0.15) is 0 Å². The van der Waals surface area contributed by atoms with Crippen LogP contribution in [0.4, 0.5) is 8.78 Å². The number of rotatable bonds is 4. The van der Waals surface area contributed by atoms with Crippen LogP contribution < -0.4 is 5.73 Å². The minimum Gasteiger partial charge on any atom is -0.453 e. The molecule has 2 heterocycles. The molecule has 25 heavy (non-hydrogen) atoms. The smallest absolute Gasteiger partial charge is 0.234 e. The molecule has 1 aliphatic rings. The number of furan rings is 1. The SMILES string of the molecule is NC(=O)C1CCN1Cc1cc(F)c2oc(-c3ccccc3F)cc2c1. The highest BCUT2D eigenvalue weighted by molar-refractivity contribution is 5.84. The van der Waals surface area contributed by atoms with Gasteiger partial charge in [-0.25, -0.2) is 8.78 Å². The molecule has 0 aliphatic carbocycles. The molecule has 0 bridgehead atoms. The van der Waals surface area contributed by atoms with Gasteiger partial charge in [-0.3, -0.25) is 9.69 Å². The molecule has 4 rings (SSSR count). The Labute approximate surface area is 142 Å². The molecular formula is C19H16F2N2O2. The summed E-state index contributed by atoms with van der Waals surface area (Å²) in [5, 5.41) is 0.560. The van der Waals surface area contributed by atoms with E-state index in [4.69, 9.17) is 10.2 Å². The lowest BCUT2D eigenvalue weighted by Crippen LogP contribution is -2.54. The summed E-state index contributed by atoms with van der Waals surface area (Å²) in [6.45, 7) is 1.18. The van der Waals surface area contributed by atoms with Crippen molar-refractivity contribution in [3.05, 3.63) is 59.7 Å². The molecule has 3 aromatic rings. The zero-order valence-corrected chi connectivity index (χ0v) is 13.3. The van der Waals surface area contributed by atoms with Gasteiger partial charge in [-0.05, 0) is 42.3 Å². The van der Waals surface area contributed by atoms with Gasteiger partial charge in [0, 0.05) is 18.5 Å². The maximum Gasteiger partial charge on any atom is 0.234 e. The summed E-state index contributed by atoms with van der Waals surface area (Å²) < 4.78 is 33.9. The maximum atomic E-state index is 14.4. The first kappa shape index (κ1) is 15.8. The van der Waals surface area contributed by atoms with Gasteiger partial charge in [-0.1, -0.05) is 12.1 Å². The minimum atomic E-state index is -0.508. The fourth-order valence-electron chi connectivity index (χ4n) is 3.24. The second-order valence-corrected chi connectivity index (χ2v) is 6.26. The van der Waals surface area contributed by atoms with Gasteiger partial charge >= 0.3 is 0 Å². The van der Waals surface area contributed by atoms with E-state index in [1.54, 1.807) is 30.3 Å². The van der Waals surface area contributed by atoms with E-state index in [1.807, 2.05) is 4.90 Å². The van der Waals surface area contributed by atoms with Crippen LogP contribution in [0, 0.1) is 11.6 Å². The number of fused-ring (bicyclic) bond motifs is 1. The summed E-state index contributed by atoms with van der Waals surface area (Å²) in [6.07, 6.45) is 0.725. The van der Waals surface area contributed by atoms with Gasteiger partial charge in [-0.15, -0.1) is 0 Å². The van der Waals surface area contributed by atoms with Crippen molar-refractivity contribution in [1.82, 2.24) is 4.90 Å². The van der Waals surface area contributed by atoms with Crippen LogP contribution >= 0.6 is 0 Å². The highest BCUT2D eigenvalue weighted by Gasteiger charge is 2.32. The van der Waals surface area contributed by atoms with Crippen molar-refractivity contribution in [3.63, 3.8) is 0 Å². The minimum absolute atomic E-state index is 0.0945. The van der Waals surface area contributed by atoms with Crippen molar-refractivity contribution in [2.45, 2.75) is 19.0 Å². The largest absolute Gasteiger partial charge is 0.453 e. The number of nitrogens with two attached hydrogens (primary N) is 1. The fraction of sp³-hybridized carbons (Fsp3) is 0.211. The third-order valence-corrected chi connectivity index (χ3v) is 4.61. The second-order valence-electron chi connectivity index (χ2n) is 6.26. The van der Waals surface area contributed by atoms with Crippen molar-refractivity contribution in [2.24, 2.45) is 5.73 Å². The molecule has 1 aliphatic heterocycles. The van der Waals surface area contributed by atoms with Gasteiger partial charge in [0.15, 0.2) is 11.4 Å². The van der Waals surface area contributed by atoms with Gasteiger partial charge in [0.1, 0.15) is 11.6 Å². The topological polar surface area (TPSA) is 59.5 Å². The van der Waals surface area contributed by atoms with E-state index in [1.165, 1.54) is 12.1 Å². The van der Waals surface area contributed by atoms with E-state index in [0.717, 1.165) is 18.5 Å². The average molecular weight is 342 g/mol. The Kier molecular flexibility index (Phi) is 3.77. The molecule has 0 spiro atoms. The first-order valence-electron chi connectivity index (χ1n) is 8.03. The molecule has 2 aromatic carbocycles. The standard InChI is InChI=1S/C19H16F2N2O2/c20-14-4-2-1-3-13(14)17-9-12-7-11(8-15(21)18(12)25-17)10-23-6-5-16(23)19(22)24/h1-4,7-9,16H,5-6,10H2,(H2,22,24). The lowest BCUT2D eigenvalue weighted by Gasteiger charge is -2.38. The number of likely N-dealkylation sites (tertiary alicyclic amines) is 1. The molecule has 6 heteroatoms. The van der Waals surface area contributed by atoms with Crippen molar-refractivity contribution < 1.29 is 18.0 Å². The van der Waals surface area contributed by atoms with Gasteiger partial charge in [0.2, 0.25) is 5.91 Å². The van der Waals surface area contributed by atoms with Crippen molar-refractivity contribution >= 4 is 16.9 Å². The molecule has 1 atom stereocenters. The van der Waals surface area contributed by atoms with E-state index in [0.29, 0.717) is 11.9 Å². The number of amides is 1. The summed E-state index contributed by atoms with van der Waals surface area (Å²) >= 11 is 0. The molecule has 0 radical (unpaired) electrons. The third-order valence-electron chi connectivity index (χ3n) is 4.61. The van der Waals surface area contributed by atoms with Crippen LogP contribution in [-0.2, 0) is 11.3 Å². The number of hydrogen-bond acceptors (Lipinski definition) is 3. The zero-order valence-electron chi connectivity index (χ0n) is 13.3.